The monoisotopic (exact) mass is 434 g/mol. The Hall–Kier alpha value is -1.93. The average Bonchev–Trinajstić information content (AvgIpc) is 3.10. The van der Waals surface area contributed by atoms with Crippen molar-refractivity contribution in [2.24, 2.45) is 0 Å². The lowest BCUT2D eigenvalue weighted by atomic mass is 10.1. The molecular weight excluding hydrogens is 416 g/mol. The fourth-order valence-electron chi connectivity index (χ4n) is 2.54. The molecule has 0 unspecified atom stereocenters. The predicted molar refractivity (Wildman–Crippen MR) is 115 cm³/mol. The molecule has 0 atom stereocenters. The van der Waals surface area contributed by atoms with Gasteiger partial charge in [0.15, 0.2) is 0 Å². The number of hydrogen-bond acceptors (Lipinski definition) is 6. The van der Waals surface area contributed by atoms with Crippen LogP contribution < -0.4 is 5.32 Å². The first-order valence-corrected chi connectivity index (χ1v) is 11.0. The van der Waals surface area contributed by atoms with Gasteiger partial charge in [-0.3, -0.25) is 10.1 Å². The van der Waals surface area contributed by atoms with Crippen LogP contribution in [-0.4, -0.2) is 30.2 Å². The van der Waals surface area contributed by atoms with E-state index in [9.17, 15) is 4.79 Å². The van der Waals surface area contributed by atoms with Crippen LogP contribution in [0.15, 0.2) is 62.8 Å². The van der Waals surface area contributed by atoms with Gasteiger partial charge < -0.3 is 9.26 Å². The first-order chi connectivity index (χ1) is 13.6. The van der Waals surface area contributed by atoms with Gasteiger partial charge in [-0.2, -0.15) is 0 Å². The Balaban J connectivity index is 1.72. The van der Waals surface area contributed by atoms with Crippen molar-refractivity contribution in [3.63, 3.8) is 0 Å². The highest BCUT2D eigenvalue weighted by Crippen LogP contribution is 2.33. The van der Waals surface area contributed by atoms with Crippen LogP contribution >= 0.6 is 35.1 Å². The zero-order valence-corrected chi connectivity index (χ0v) is 17.8. The topological polar surface area (TPSA) is 64.4 Å². The zero-order valence-electron chi connectivity index (χ0n) is 15.4. The Kier molecular flexibility index (Phi) is 7.44. The number of nitrogens with one attached hydrogen (secondary N) is 1. The maximum atomic E-state index is 12.4. The lowest BCUT2D eigenvalue weighted by molar-refractivity contribution is -0.113. The fourth-order valence-corrected chi connectivity index (χ4v) is 3.77. The van der Waals surface area contributed by atoms with Crippen LogP contribution in [-0.2, 0) is 16.1 Å². The second-order valence-electron chi connectivity index (χ2n) is 5.79. The van der Waals surface area contributed by atoms with Gasteiger partial charge in [0.1, 0.15) is 5.69 Å². The molecule has 0 fully saturated rings. The Morgan fingerprint density at radius 1 is 1.14 bits per heavy atom. The summed E-state index contributed by atoms with van der Waals surface area (Å²) in [6.45, 7) is 0.272. The minimum atomic E-state index is -0.172. The van der Waals surface area contributed by atoms with Gasteiger partial charge in [0, 0.05) is 21.9 Å². The molecule has 28 heavy (non-hydrogen) atoms. The van der Waals surface area contributed by atoms with Gasteiger partial charge in [-0.15, -0.1) is 23.5 Å². The number of halogens is 1. The zero-order chi connectivity index (χ0) is 19.9. The summed E-state index contributed by atoms with van der Waals surface area (Å²) in [5, 5.41) is 7.48. The van der Waals surface area contributed by atoms with E-state index in [2.05, 4.69) is 10.5 Å². The Bertz CT molecular complexity index is 928. The van der Waals surface area contributed by atoms with Crippen molar-refractivity contribution in [3.05, 3.63) is 59.2 Å². The third-order valence-corrected chi connectivity index (χ3v) is 5.87. The molecule has 1 N–H and O–H groups in total. The number of carbonyl (C=O) groups is 1. The largest absolute Gasteiger partial charge is 0.378 e. The molecule has 3 aromatic rings. The van der Waals surface area contributed by atoms with Gasteiger partial charge in [-0.05, 0) is 48.2 Å². The number of ether oxygens (including phenoxy) is 1. The van der Waals surface area contributed by atoms with Gasteiger partial charge >= 0.3 is 0 Å². The quantitative estimate of drug-likeness (QED) is 0.466. The van der Waals surface area contributed by atoms with E-state index >= 15 is 0 Å². The Morgan fingerprint density at radius 2 is 1.82 bits per heavy atom. The number of amides is 1. The second-order valence-corrected chi connectivity index (χ2v) is 8.15. The van der Waals surface area contributed by atoms with Crippen molar-refractivity contribution < 1.29 is 14.1 Å². The standard InChI is InChI=1S/C20H19ClN2O3S2/c1-25-11-17-19(13-3-5-14(21)6-4-13)20(26-23-17)22-18(24)12-28-16-9-7-15(27-2)8-10-16/h3-10H,11-12H2,1-2H3,(H,22,24). The molecule has 146 valence electrons. The Labute approximate surface area is 177 Å². The first-order valence-electron chi connectivity index (χ1n) is 8.41. The SMILES string of the molecule is COCc1noc(NC(=O)CSc2ccc(SC)cc2)c1-c1ccc(Cl)cc1. The molecule has 0 spiro atoms. The first kappa shape index (κ1) is 20.8. The average molecular weight is 435 g/mol. The van der Waals surface area contributed by atoms with Crippen LogP contribution in [0.1, 0.15) is 5.69 Å². The number of methoxy groups -OCH3 is 1. The Morgan fingerprint density at radius 3 is 2.46 bits per heavy atom. The molecule has 2 aromatic carbocycles. The van der Waals surface area contributed by atoms with Gasteiger partial charge in [-0.25, -0.2) is 0 Å². The van der Waals surface area contributed by atoms with Crippen LogP contribution in [0.2, 0.25) is 5.02 Å². The number of anilines is 1. The van der Waals surface area contributed by atoms with E-state index in [0.717, 1.165) is 10.5 Å². The van der Waals surface area contributed by atoms with E-state index in [-0.39, 0.29) is 18.3 Å². The lowest BCUT2D eigenvalue weighted by Gasteiger charge is -2.07. The van der Waals surface area contributed by atoms with Crippen LogP contribution in [0.25, 0.3) is 11.1 Å². The molecule has 0 saturated heterocycles. The summed E-state index contributed by atoms with van der Waals surface area (Å²) >= 11 is 9.13. The minimum absolute atomic E-state index is 0.172. The molecule has 8 heteroatoms. The lowest BCUT2D eigenvalue weighted by Crippen LogP contribution is -2.14. The van der Waals surface area contributed by atoms with Gasteiger partial charge in [-0.1, -0.05) is 28.9 Å². The van der Waals surface area contributed by atoms with Crippen molar-refractivity contribution in [2.75, 3.05) is 24.4 Å². The molecule has 0 radical (unpaired) electrons. The van der Waals surface area contributed by atoms with Crippen molar-refractivity contribution >= 4 is 46.9 Å². The van der Waals surface area contributed by atoms with E-state index in [1.54, 1.807) is 31.0 Å². The molecule has 0 aliphatic heterocycles. The molecule has 0 bridgehead atoms. The number of benzene rings is 2. The normalized spacial score (nSPS) is 10.8. The molecule has 1 heterocycles. The highest BCUT2D eigenvalue weighted by Gasteiger charge is 2.20. The maximum Gasteiger partial charge on any atom is 0.239 e. The molecule has 3 rings (SSSR count). The number of aromatic nitrogens is 1. The number of nitrogens with zero attached hydrogens (tertiary/aromatic N) is 1. The molecule has 1 aromatic heterocycles. The number of rotatable bonds is 8. The van der Waals surface area contributed by atoms with Crippen molar-refractivity contribution in [1.82, 2.24) is 5.16 Å². The number of thioether (sulfide) groups is 2. The third kappa shape index (κ3) is 5.32. The van der Waals surface area contributed by atoms with Crippen LogP contribution in [0.5, 0.6) is 0 Å². The third-order valence-electron chi connectivity index (χ3n) is 3.86. The maximum absolute atomic E-state index is 12.4. The molecule has 5 nitrogen and oxygen atoms in total. The molecule has 0 saturated carbocycles. The van der Waals surface area contributed by atoms with Gasteiger partial charge in [0.25, 0.3) is 0 Å². The van der Waals surface area contributed by atoms with E-state index in [0.29, 0.717) is 22.2 Å². The van der Waals surface area contributed by atoms with Gasteiger partial charge in [0.05, 0.1) is 17.9 Å². The number of hydrogen-bond donors (Lipinski definition) is 1. The van der Waals surface area contributed by atoms with Crippen molar-refractivity contribution in [2.45, 2.75) is 16.4 Å². The highest BCUT2D eigenvalue weighted by atomic mass is 35.5. The summed E-state index contributed by atoms with van der Waals surface area (Å²) in [6.07, 6.45) is 2.03. The van der Waals surface area contributed by atoms with Crippen LogP contribution in [0.3, 0.4) is 0 Å². The van der Waals surface area contributed by atoms with Crippen molar-refractivity contribution in [3.8, 4) is 11.1 Å². The van der Waals surface area contributed by atoms with E-state index in [4.69, 9.17) is 20.9 Å². The molecular formula is C20H19ClN2O3S2. The minimum Gasteiger partial charge on any atom is -0.378 e. The summed E-state index contributed by atoms with van der Waals surface area (Å²) in [5.41, 5.74) is 2.15. The molecule has 1 amide bonds. The number of carbonyl (C=O) groups excluding carboxylic acids is 1. The van der Waals surface area contributed by atoms with Crippen LogP contribution in [0, 0.1) is 0 Å². The fraction of sp³-hybridized carbons (Fsp3) is 0.200. The smallest absolute Gasteiger partial charge is 0.239 e. The molecule has 0 aliphatic carbocycles. The highest BCUT2D eigenvalue weighted by molar-refractivity contribution is 8.00. The summed E-state index contributed by atoms with van der Waals surface area (Å²) in [4.78, 5) is 14.7. The second kappa shape index (κ2) is 10.0. The summed E-state index contributed by atoms with van der Waals surface area (Å²) in [5.74, 6) is 0.394. The van der Waals surface area contributed by atoms with Gasteiger partial charge in [0.2, 0.25) is 11.8 Å². The predicted octanol–water partition coefficient (Wildman–Crippen LogP) is 5.59. The summed E-state index contributed by atoms with van der Waals surface area (Å²) in [7, 11) is 1.58. The van der Waals surface area contributed by atoms with E-state index in [1.807, 2.05) is 42.7 Å². The summed E-state index contributed by atoms with van der Waals surface area (Å²) < 4.78 is 10.6. The molecule has 0 aliphatic rings. The van der Waals surface area contributed by atoms with Crippen LogP contribution in [0.4, 0.5) is 5.88 Å². The van der Waals surface area contributed by atoms with Crippen molar-refractivity contribution in [1.29, 1.82) is 0 Å². The van der Waals surface area contributed by atoms with E-state index < -0.39 is 0 Å². The summed E-state index contributed by atoms with van der Waals surface area (Å²) in [6, 6.07) is 15.4. The van der Waals surface area contributed by atoms with E-state index in [1.165, 1.54) is 16.7 Å².